The molecule has 6 nitrogen and oxygen atoms in total. The van der Waals surface area contributed by atoms with Gasteiger partial charge in [-0.05, 0) is 66.2 Å². The van der Waals surface area contributed by atoms with Crippen LogP contribution in [0.25, 0.3) is 10.9 Å². The van der Waals surface area contributed by atoms with Gasteiger partial charge in [0.1, 0.15) is 11.5 Å². The maximum Gasteiger partial charge on any atom is 0.270 e. The van der Waals surface area contributed by atoms with Crippen LogP contribution >= 0.6 is 11.6 Å². The molecule has 0 bridgehead atoms. The molecule has 1 fully saturated rings. The lowest BCUT2D eigenvalue weighted by Crippen LogP contribution is -2.48. The van der Waals surface area contributed by atoms with Crippen LogP contribution in [0.5, 0.6) is 0 Å². The first-order valence-electron chi connectivity index (χ1n) is 11.4. The molecule has 3 aromatic carbocycles. The number of nitrogens with one attached hydrogen (secondary N) is 2. The van der Waals surface area contributed by atoms with Crippen molar-refractivity contribution >= 4 is 40.0 Å². The molecule has 0 aliphatic carbocycles. The van der Waals surface area contributed by atoms with Crippen LogP contribution < -0.4 is 5.32 Å². The lowest BCUT2D eigenvalue weighted by molar-refractivity contribution is 0.0623. The Labute approximate surface area is 207 Å². The van der Waals surface area contributed by atoms with Crippen LogP contribution in [0.2, 0.25) is 5.02 Å². The fraction of sp³-hybridized carbons (Fsp3) is 0.185. The van der Waals surface area contributed by atoms with E-state index < -0.39 is 0 Å². The number of piperazine rings is 1. The molecule has 4 aromatic rings. The zero-order chi connectivity index (χ0) is 24.4. The minimum absolute atomic E-state index is 0.0172. The quantitative estimate of drug-likeness (QED) is 0.405. The fourth-order valence-corrected chi connectivity index (χ4v) is 4.48. The Hall–Kier alpha value is -3.68. The molecule has 178 valence electrons. The standard InChI is InChI=1S/C27H24ClFN4O2/c28-21-4-9-24-20(15-21)16-25(31-24)27(35)33-12-10-32(11-13-33)17-18-2-1-3-19(14-18)26(34)30-23-7-5-22(29)6-8-23/h1-9,14-16,31H,10-13,17H2,(H,30,34). The number of aromatic amines is 1. The van der Waals surface area contributed by atoms with Crippen molar-refractivity contribution in [2.24, 2.45) is 0 Å². The number of carbonyl (C=O) groups excluding carboxylic acids is 2. The first-order valence-corrected chi connectivity index (χ1v) is 11.8. The summed E-state index contributed by atoms with van der Waals surface area (Å²) in [6.45, 7) is 3.41. The molecular weight excluding hydrogens is 467 g/mol. The van der Waals surface area contributed by atoms with Crippen molar-refractivity contribution in [2.75, 3.05) is 31.5 Å². The van der Waals surface area contributed by atoms with Crippen molar-refractivity contribution in [1.82, 2.24) is 14.8 Å². The van der Waals surface area contributed by atoms with Gasteiger partial charge in [0.25, 0.3) is 11.8 Å². The Balaban J connectivity index is 1.17. The average molecular weight is 491 g/mol. The molecule has 2 amide bonds. The van der Waals surface area contributed by atoms with Crippen molar-refractivity contribution in [3.05, 3.63) is 100 Å². The predicted molar refractivity (Wildman–Crippen MR) is 135 cm³/mol. The van der Waals surface area contributed by atoms with E-state index in [-0.39, 0.29) is 17.6 Å². The van der Waals surface area contributed by atoms with Crippen LogP contribution in [-0.2, 0) is 6.54 Å². The number of anilines is 1. The maximum absolute atomic E-state index is 13.1. The number of rotatable bonds is 5. The molecule has 1 saturated heterocycles. The van der Waals surface area contributed by atoms with Gasteiger partial charge in [0.2, 0.25) is 0 Å². The topological polar surface area (TPSA) is 68.4 Å². The van der Waals surface area contributed by atoms with Crippen LogP contribution in [-0.4, -0.2) is 52.8 Å². The highest BCUT2D eigenvalue weighted by molar-refractivity contribution is 6.31. The van der Waals surface area contributed by atoms with Crippen LogP contribution in [0.3, 0.4) is 0 Å². The molecule has 35 heavy (non-hydrogen) atoms. The van der Waals surface area contributed by atoms with Crippen molar-refractivity contribution in [3.63, 3.8) is 0 Å². The Kier molecular flexibility index (Phi) is 6.53. The lowest BCUT2D eigenvalue weighted by Gasteiger charge is -2.34. The maximum atomic E-state index is 13.1. The SMILES string of the molecule is O=C(Nc1ccc(F)cc1)c1cccc(CN2CCN(C(=O)c3cc4cc(Cl)ccc4[nH]3)CC2)c1. The number of aromatic nitrogens is 1. The molecule has 2 N–H and O–H groups in total. The second-order valence-corrected chi connectivity index (χ2v) is 9.08. The van der Waals surface area contributed by atoms with E-state index in [0.29, 0.717) is 41.6 Å². The third-order valence-corrected chi connectivity index (χ3v) is 6.41. The van der Waals surface area contributed by atoms with Crippen molar-refractivity contribution in [1.29, 1.82) is 0 Å². The number of fused-ring (bicyclic) bond motifs is 1. The largest absolute Gasteiger partial charge is 0.351 e. The summed E-state index contributed by atoms with van der Waals surface area (Å²) in [6.07, 6.45) is 0. The summed E-state index contributed by atoms with van der Waals surface area (Å²) < 4.78 is 13.1. The minimum atomic E-state index is -0.349. The third-order valence-electron chi connectivity index (χ3n) is 6.17. The number of H-pyrrole nitrogens is 1. The van der Waals surface area contributed by atoms with E-state index in [0.717, 1.165) is 29.6 Å². The van der Waals surface area contributed by atoms with Gasteiger partial charge in [-0.25, -0.2) is 4.39 Å². The summed E-state index contributed by atoms with van der Waals surface area (Å²) in [5.74, 6) is -0.608. The van der Waals surface area contributed by atoms with Crippen LogP contribution in [0.15, 0.2) is 72.8 Å². The van der Waals surface area contributed by atoms with E-state index in [2.05, 4.69) is 15.2 Å². The Bertz CT molecular complexity index is 1380. The third kappa shape index (κ3) is 5.37. The first kappa shape index (κ1) is 23.1. The Morgan fingerprint density at radius 1 is 0.943 bits per heavy atom. The molecule has 1 aliphatic rings. The number of hydrogen-bond donors (Lipinski definition) is 2. The van der Waals surface area contributed by atoms with Crippen molar-refractivity contribution in [3.8, 4) is 0 Å². The molecule has 0 atom stereocenters. The molecular formula is C27H24ClFN4O2. The van der Waals surface area contributed by atoms with Crippen molar-refractivity contribution in [2.45, 2.75) is 6.54 Å². The van der Waals surface area contributed by atoms with Gasteiger partial charge in [-0.1, -0.05) is 23.7 Å². The molecule has 1 aliphatic heterocycles. The molecule has 2 heterocycles. The number of benzene rings is 3. The molecule has 5 rings (SSSR count). The summed E-state index contributed by atoms with van der Waals surface area (Å²) in [5.41, 5.74) is 3.56. The highest BCUT2D eigenvalue weighted by atomic mass is 35.5. The van der Waals surface area contributed by atoms with Crippen molar-refractivity contribution < 1.29 is 14.0 Å². The van der Waals surface area contributed by atoms with Gasteiger partial charge in [0.15, 0.2) is 0 Å². The van der Waals surface area contributed by atoms with Crippen LogP contribution in [0, 0.1) is 5.82 Å². The second kappa shape index (κ2) is 9.90. The van der Waals surface area contributed by atoms with E-state index in [1.807, 2.05) is 41.3 Å². The van der Waals surface area contributed by atoms with Crippen LogP contribution in [0.4, 0.5) is 10.1 Å². The predicted octanol–water partition coefficient (Wildman–Crippen LogP) is 5.17. The van der Waals surface area contributed by atoms with E-state index in [9.17, 15) is 14.0 Å². The van der Waals surface area contributed by atoms with Gasteiger partial charge in [0, 0.05) is 59.9 Å². The summed E-state index contributed by atoms with van der Waals surface area (Å²) in [4.78, 5) is 32.9. The molecule has 0 spiro atoms. The number of nitrogens with zero attached hydrogens (tertiary/aromatic N) is 2. The fourth-order valence-electron chi connectivity index (χ4n) is 4.30. The van der Waals surface area contributed by atoms with Gasteiger partial charge in [-0.15, -0.1) is 0 Å². The Morgan fingerprint density at radius 3 is 2.49 bits per heavy atom. The van der Waals surface area contributed by atoms with Crippen LogP contribution in [0.1, 0.15) is 26.4 Å². The van der Waals surface area contributed by atoms with Gasteiger partial charge in [-0.2, -0.15) is 0 Å². The highest BCUT2D eigenvalue weighted by Crippen LogP contribution is 2.21. The molecule has 1 aromatic heterocycles. The van der Waals surface area contributed by atoms with E-state index in [4.69, 9.17) is 11.6 Å². The zero-order valence-electron chi connectivity index (χ0n) is 18.9. The van der Waals surface area contributed by atoms with E-state index >= 15 is 0 Å². The number of hydrogen-bond acceptors (Lipinski definition) is 3. The molecule has 0 radical (unpaired) electrons. The summed E-state index contributed by atoms with van der Waals surface area (Å²) in [5, 5.41) is 4.35. The number of carbonyl (C=O) groups is 2. The molecule has 8 heteroatoms. The normalized spacial score (nSPS) is 14.3. The number of amides is 2. The monoisotopic (exact) mass is 490 g/mol. The number of halogens is 2. The summed E-state index contributed by atoms with van der Waals surface area (Å²) in [7, 11) is 0. The van der Waals surface area contributed by atoms with E-state index in [1.54, 1.807) is 12.1 Å². The zero-order valence-corrected chi connectivity index (χ0v) is 19.7. The first-order chi connectivity index (χ1) is 16.9. The van der Waals surface area contributed by atoms with Gasteiger partial charge in [-0.3, -0.25) is 14.5 Å². The Morgan fingerprint density at radius 2 is 1.71 bits per heavy atom. The summed E-state index contributed by atoms with van der Waals surface area (Å²) >= 11 is 6.06. The summed E-state index contributed by atoms with van der Waals surface area (Å²) in [6, 6.07) is 20.5. The smallest absolute Gasteiger partial charge is 0.270 e. The highest BCUT2D eigenvalue weighted by Gasteiger charge is 2.23. The van der Waals surface area contributed by atoms with Gasteiger partial charge >= 0.3 is 0 Å². The molecule has 0 unspecified atom stereocenters. The average Bonchev–Trinajstić information content (AvgIpc) is 3.29. The van der Waals surface area contributed by atoms with E-state index in [1.165, 1.54) is 24.3 Å². The van der Waals surface area contributed by atoms with Gasteiger partial charge in [0.05, 0.1) is 0 Å². The van der Waals surface area contributed by atoms with Gasteiger partial charge < -0.3 is 15.2 Å². The lowest BCUT2D eigenvalue weighted by atomic mass is 10.1. The second-order valence-electron chi connectivity index (χ2n) is 8.64. The minimum Gasteiger partial charge on any atom is -0.351 e. The molecule has 0 saturated carbocycles.